The molecule has 2 rings (SSSR count). The highest BCUT2D eigenvalue weighted by Gasteiger charge is 2.17. The Morgan fingerprint density at radius 1 is 1.47 bits per heavy atom. The second-order valence-electron chi connectivity index (χ2n) is 3.95. The summed E-state index contributed by atoms with van der Waals surface area (Å²) < 4.78 is 5.11. The predicted octanol–water partition coefficient (Wildman–Crippen LogP) is 1.50. The molecule has 1 fully saturated rings. The van der Waals surface area contributed by atoms with E-state index in [0.29, 0.717) is 30.3 Å². The Kier molecular flexibility index (Phi) is 3.86. The average Bonchev–Trinajstić information content (AvgIpc) is 2.54. The molecule has 17 heavy (non-hydrogen) atoms. The van der Waals surface area contributed by atoms with E-state index in [4.69, 9.17) is 16.3 Å². The summed E-state index contributed by atoms with van der Waals surface area (Å²) in [6.45, 7) is 1.27. The molecule has 0 aliphatic carbocycles. The summed E-state index contributed by atoms with van der Waals surface area (Å²) in [4.78, 5) is 11.2. The van der Waals surface area contributed by atoms with E-state index in [9.17, 15) is 4.79 Å². The van der Waals surface area contributed by atoms with Crippen molar-refractivity contribution in [1.82, 2.24) is 10.6 Å². The molecule has 5 heteroatoms. The number of hydrogen-bond donors (Lipinski definition) is 2. The van der Waals surface area contributed by atoms with Gasteiger partial charge in [0.15, 0.2) is 0 Å². The standard InChI is InChI=1S/C12H15ClN2O2/c1-17-11-3-2-8(6-9(11)13)10-7-15-12(16)4-5-14-10/h2-3,6,10,14H,4-5,7H2,1H3,(H,15,16). The van der Waals surface area contributed by atoms with Crippen molar-refractivity contribution in [1.29, 1.82) is 0 Å². The monoisotopic (exact) mass is 254 g/mol. The molecular weight excluding hydrogens is 240 g/mol. The molecule has 0 bridgehead atoms. The fourth-order valence-corrected chi connectivity index (χ4v) is 2.14. The highest BCUT2D eigenvalue weighted by Crippen LogP contribution is 2.27. The molecule has 4 nitrogen and oxygen atoms in total. The third-order valence-electron chi connectivity index (χ3n) is 2.82. The van der Waals surface area contributed by atoms with Crippen molar-refractivity contribution in [3.8, 4) is 5.75 Å². The molecule has 0 spiro atoms. The topological polar surface area (TPSA) is 50.4 Å². The molecule has 1 unspecified atom stereocenters. The second kappa shape index (κ2) is 5.38. The average molecular weight is 255 g/mol. The van der Waals surface area contributed by atoms with Crippen LogP contribution in [0, 0.1) is 0 Å². The summed E-state index contributed by atoms with van der Waals surface area (Å²) in [5.74, 6) is 0.743. The van der Waals surface area contributed by atoms with Gasteiger partial charge >= 0.3 is 0 Å². The van der Waals surface area contributed by atoms with Gasteiger partial charge in [-0.3, -0.25) is 4.79 Å². The number of amides is 1. The number of rotatable bonds is 2. The number of nitrogens with one attached hydrogen (secondary N) is 2. The van der Waals surface area contributed by atoms with Crippen molar-refractivity contribution >= 4 is 17.5 Å². The first-order valence-corrected chi connectivity index (χ1v) is 5.92. The van der Waals surface area contributed by atoms with E-state index in [-0.39, 0.29) is 11.9 Å². The Hall–Kier alpha value is -1.26. The van der Waals surface area contributed by atoms with Gasteiger partial charge in [-0.15, -0.1) is 0 Å². The van der Waals surface area contributed by atoms with Crippen LogP contribution in [0.1, 0.15) is 18.0 Å². The number of benzene rings is 1. The zero-order valence-electron chi connectivity index (χ0n) is 9.63. The Morgan fingerprint density at radius 3 is 3.00 bits per heavy atom. The minimum absolute atomic E-state index is 0.0830. The maximum atomic E-state index is 11.2. The van der Waals surface area contributed by atoms with Gasteiger partial charge < -0.3 is 15.4 Å². The summed E-state index contributed by atoms with van der Waals surface area (Å²) in [6.07, 6.45) is 0.514. The van der Waals surface area contributed by atoms with Crippen LogP contribution in [0.3, 0.4) is 0 Å². The minimum Gasteiger partial charge on any atom is -0.495 e. The smallest absolute Gasteiger partial charge is 0.221 e. The molecule has 0 aromatic heterocycles. The summed E-state index contributed by atoms with van der Waals surface area (Å²) >= 11 is 6.08. The summed E-state index contributed by atoms with van der Waals surface area (Å²) in [5.41, 5.74) is 1.05. The third-order valence-corrected chi connectivity index (χ3v) is 3.12. The van der Waals surface area contributed by atoms with Gasteiger partial charge in [-0.1, -0.05) is 17.7 Å². The molecule has 1 heterocycles. The van der Waals surface area contributed by atoms with Crippen LogP contribution in [-0.4, -0.2) is 26.1 Å². The molecule has 1 aromatic rings. The molecule has 1 aromatic carbocycles. The van der Waals surface area contributed by atoms with E-state index in [1.54, 1.807) is 7.11 Å². The normalized spacial score (nSPS) is 20.6. The summed E-state index contributed by atoms with van der Waals surface area (Å²) in [7, 11) is 1.59. The van der Waals surface area contributed by atoms with Crippen molar-refractivity contribution in [3.63, 3.8) is 0 Å². The van der Waals surface area contributed by atoms with Crippen LogP contribution in [0.4, 0.5) is 0 Å². The molecule has 1 atom stereocenters. The van der Waals surface area contributed by atoms with Crippen LogP contribution in [0.15, 0.2) is 18.2 Å². The van der Waals surface area contributed by atoms with E-state index in [2.05, 4.69) is 10.6 Å². The van der Waals surface area contributed by atoms with Crippen molar-refractivity contribution in [3.05, 3.63) is 28.8 Å². The number of hydrogen-bond acceptors (Lipinski definition) is 3. The quantitative estimate of drug-likeness (QED) is 0.841. The van der Waals surface area contributed by atoms with Crippen molar-refractivity contribution in [2.24, 2.45) is 0 Å². The summed E-state index contributed by atoms with van der Waals surface area (Å²) in [6, 6.07) is 5.77. The van der Waals surface area contributed by atoms with Crippen LogP contribution in [0.2, 0.25) is 5.02 Å². The van der Waals surface area contributed by atoms with Gasteiger partial charge in [-0.25, -0.2) is 0 Å². The molecule has 2 N–H and O–H groups in total. The zero-order valence-corrected chi connectivity index (χ0v) is 10.4. The molecule has 0 radical (unpaired) electrons. The Balaban J connectivity index is 2.16. The van der Waals surface area contributed by atoms with Crippen LogP contribution >= 0.6 is 11.6 Å². The first-order chi connectivity index (χ1) is 8.20. The molecule has 1 aliphatic heterocycles. The SMILES string of the molecule is COc1ccc(C2CNC(=O)CCN2)cc1Cl. The Bertz CT molecular complexity index is 423. The molecule has 92 valence electrons. The fraction of sp³-hybridized carbons (Fsp3) is 0.417. The highest BCUT2D eigenvalue weighted by molar-refractivity contribution is 6.32. The Labute approximate surface area is 105 Å². The van der Waals surface area contributed by atoms with E-state index < -0.39 is 0 Å². The summed E-state index contributed by atoms with van der Waals surface area (Å²) in [5, 5.41) is 6.76. The minimum atomic E-state index is 0.0830. The lowest BCUT2D eigenvalue weighted by molar-refractivity contribution is -0.120. The van der Waals surface area contributed by atoms with Crippen LogP contribution < -0.4 is 15.4 Å². The third kappa shape index (κ3) is 2.90. The molecular formula is C12H15ClN2O2. The predicted molar refractivity (Wildman–Crippen MR) is 66.4 cm³/mol. The van der Waals surface area contributed by atoms with E-state index in [1.807, 2.05) is 18.2 Å². The molecule has 0 saturated carbocycles. The number of halogens is 1. The fourth-order valence-electron chi connectivity index (χ4n) is 1.87. The van der Waals surface area contributed by atoms with Gasteiger partial charge in [0.05, 0.1) is 12.1 Å². The van der Waals surface area contributed by atoms with Gasteiger partial charge in [0.2, 0.25) is 5.91 Å². The van der Waals surface area contributed by atoms with Crippen molar-refractivity contribution in [2.75, 3.05) is 20.2 Å². The van der Waals surface area contributed by atoms with Gasteiger partial charge in [0.25, 0.3) is 0 Å². The van der Waals surface area contributed by atoms with E-state index in [0.717, 1.165) is 5.56 Å². The van der Waals surface area contributed by atoms with Gasteiger partial charge in [-0.2, -0.15) is 0 Å². The molecule has 1 aliphatic rings. The maximum Gasteiger partial charge on any atom is 0.221 e. The highest BCUT2D eigenvalue weighted by atomic mass is 35.5. The van der Waals surface area contributed by atoms with Crippen molar-refractivity contribution in [2.45, 2.75) is 12.5 Å². The second-order valence-corrected chi connectivity index (χ2v) is 4.36. The number of carbonyl (C=O) groups is 1. The van der Waals surface area contributed by atoms with E-state index in [1.165, 1.54) is 0 Å². The number of methoxy groups -OCH3 is 1. The Morgan fingerprint density at radius 2 is 2.29 bits per heavy atom. The van der Waals surface area contributed by atoms with Gasteiger partial charge in [0.1, 0.15) is 5.75 Å². The first kappa shape index (κ1) is 12.2. The van der Waals surface area contributed by atoms with Gasteiger partial charge in [0, 0.05) is 25.6 Å². The first-order valence-electron chi connectivity index (χ1n) is 5.54. The maximum absolute atomic E-state index is 11.2. The lowest BCUT2D eigenvalue weighted by Gasteiger charge is -2.17. The van der Waals surface area contributed by atoms with Crippen LogP contribution in [0.5, 0.6) is 5.75 Å². The van der Waals surface area contributed by atoms with Crippen molar-refractivity contribution < 1.29 is 9.53 Å². The number of carbonyl (C=O) groups excluding carboxylic acids is 1. The lowest BCUT2D eigenvalue weighted by atomic mass is 10.1. The zero-order chi connectivity index (χ0) is 12.3. The lowest BCUT2D eigenvalue weighted by Crippen LogP contribution is -2.28. The van der Waals surface area contributed by atoms with Crippen LogP contribution in [-0.2, 0) is 4.79 Å². The van der Waals surface area contributed by atoms with E-state index >= 15 is 0 Å². The molecule has 1 amide bonds. The largest absolute Gasteiger partial charge is 0.495 e. The number of ether oxygens (including phenoxy) is 1. The van der Waals surface area contributed by atoms with Crippen LogP contribution in [0.25, 0.3) is 0 Å². The van der Waals surface area contributed by atoms with Gasteiger partial charge in [-0.05, 0) is 17.7 Å². The molecule has 1 saturated heterocycles.